The van der Waals surface area contributed by atoms with Gasteiger partial charge >= 0.3 is 0 Å². The van der Waals surface area contributed by atoms with Crippen LogP contribution in [0.2, 0.25) is 58.4 Å². The molecule has 4 nitrogen and oxygen atoms in total. The molecule has 0 saturated heterocycles. The van der Waals surface area contributed by atoms with E-state index in [0.29, 0.717) is 13.2 Å². The number of ether oxygens (including phenoxy) is 1. The minimum absolute atomic E-state index is 0.0612. The second kappa shape index (κ2) is 9.71. The quantitative estimate of drug-likeness (QED) is 0.381. The van der Waals surface area contributed by atoms with E-state index in [9.17, 15) is 0 Å². The summed E-state index contributed by atoms with van der Waals surface area (Å²) in [6.07, 6.45) is 1.12. The van der Waals surface area contributed by atoms with Crippen molar-refractivity contribution in [2.45, 2.75) is 70.9 Å². The molecule has 22 heavy (non-hydrogen) atoms. The molecule has 0 aromatic carbocycles. The third-order valence-corrected chi connectivity index (χ3v) is 7.88. The molecule has 0 N–H and O–H groups in total. The Morgan fingerprint density at radius 1 is 0.818 bits per heavy atom. The van der Waals surface area contributed by atoms with Crippen LogP contribution in [0.15, 0.2) is 0 Å². The zero-order valence-corrected chi connectivity index (χ0v) is 19.2. The van der Waals surface area contributed by atoms with Gasteiger partial charge in [0.05, 0.1) is 19.3 Å². The van der Waals surface area contributed by atoms with Gasteiger partial charge < -0.3 is 18.0 Å². The van der Waals surface area contributed by atoms with E-state index in [-0.39, 0.29) is 6.10 Å². The van der Waals surface area contributed by atoms with E-state index in [1.807, 2.05) is 7.11 Å². The summed E-state index contributed by atoms with van der Waals surface area (Å²) in [6, 6.07) is 1.13. The van der Waals surface area contributed by atoms with Crippen LogP contribution < -0.4 is 0 Å². The van der Waals surface area contributed by atoms with Crippen LogP contribution in [0.25, 0.3) is 0 Å². The molecule has 0 bridgehead atoms. The number of hydrogen-bond acceptors (Lipinski definition) is 4. The van der Waals surface area contributed by atoms with Crippen molar-refractivity contribution in [1.82, 2.24) is 0 Å². The Morgan fingerprint density at radius 2 is 1.41 bits per heavy atom. The minimum Gasteiger partial charge on any atom is -0.420 e. The Labute approximate surface area is 141 Å². The first-order valence-electron chi connectivity index (χ1n) is 8.29. The van der Waals surface area contributed by atoms with E-state index in [4.69, 9.17) is 18.0 Å². The zero-order chi connectivity index (χ0) is 17.4. The molecule has 0 amide bonds. The van der Waals surface area contributed by atoms with Gasteiger partial charge in [-0.1, -0.05) is 0 Å². The second-order valence-electron chi connectivity index (χ2n) is 8.42. The smallest absolute Gasteiger partial charge is 0.186 e. The lowest BCUT2D eigenvalue weighted by atomic mass is 10.4. The van der Waals surface area contributed by atoms with Crippen LogP contribution in [0.1, 0.15) is 6.42 Å². The van der Waals surface area contributed by atoms with Gasteiger partial charge in [0.1, 0.15) is 0 Å². The maximum absolute atomic E-state index is 6.20. The summed E-state index contributed by atoms with van der Waals surface area (Å²) in [7, 11) is -2.73. The molecule has 7 heteroatoms. The van der Waals surface area contributed by atoms with Gasteiger partial charge in [0.25, 0.3) is 0 Å². The molecule has 1 atom stereocenters. The molecular formula is C15H38O4Si3. The molecule has 0 fully saturated rings. The van der Waals surface area contributed by atoms with Crippen LogP contribution in [-0.4, -0.2) is 58.0 Å². The van der Waals surface area contributed by atoms with E-state index in [1.165, 1.54) is 0 Å². The Balaban J connectivity index is 4.13. The molecule has 0 radical (unpaired) electrons. The van der Waals surface area contributed by atoms with Crippen LogP contribution in [0.5, 0.6) is 0 Å². The molecule has 0 rings (SSSR count). The van der Waals surface area contributed by atoms with Crippen LogP contribution in [0.4, 0.5) is 0 Å². The predicted molar refractivity (Wildman–Crippen MR) is 102 cm³/mol. The average Bonchev–Trinajstić information content (AvgIpc) is 2.32. The number of hydrogen-bond donors (Lipinski definition) is 0. The first kappa shape index (κ1) is 22.5. The summed E-state index contributed by atoms with van der Waals surface area (Å²) in [5.74, 6) is 0. The Bertz CT molecular complexity index is 298. The minimum atomic E-state index is -1.58. The largest absolute Gasteiger partial charge is 0.420 e. The Kier molecular flexibility index (Phi) is 9.92. The van der Waals surface area contributed by atoms with E-state index in [2.05, 4.69) is 52.4 Å². The average molecular weight is 367 g/mol. The van der Waals surface area contributed by atoms with Gasteiger partial charge in [0.15, 0.2) is 25.0 Å². The monoisotopic (exact) mass is 366 g/mol. The summed E-state index contributed by atoms with van der Waals surface area (Å²) in [5.41, 5.74) is 0. The molecule has 0 saturated carbocycles. The highest BCUT2D eigenvalue weighted by Gasteiger charge is 2.24. The molecule has 0 aromatic rings. The normalized spacial score (nSPS) is 15.1. The highest BCUT2D eigenvalue weighted by Crippen LogP contribution is 2.14. The lowest BCUT2D eigenvalue weighted by Gasteiger charge is -2.29. The highest BCUT2D eigenvalue weighted by molar-refractivity contribution is 6.71. The maximum Gasteiger partial charge on any atom is 0.186 e. The fraction of sp³-hybridized carbons (Fsp3) is 1.00. The molecule has 0 aliphatic rings. The zero-order valence-electron chi connectivity index (χ0n) is 16.2. The van der Waals surface area contributed by atoms with Crippen molar-refractivity contribution in [1.29, 1.82) is 0 Å². The second-order valence-corrected chi connectivity index (χ2v) is 21.8. The van der Waals surface area contributed by atoms with Gasteiger partial charge in [-0.15, -0.1) is 0 Å². The Morgan fingerprint density at radius 3 is 1.86 bits per heavy atom. The third kappa shape index (κ3) is 14.1. The molecular weight excluding hydrogens is 328 g/mol. The van der Waals surface area contributed by atoms with Gasteiger partial charge in [-0.2, -0.15) is 0 Å². The van der Waals surface area contributed by atoms with E-state index in [0.717, 1.165) is 19.1 Å². The standard InChI is InChI=1S/C15H38O4Si3/c1-16-22(8,9)12-10-11-17-13-15(19-21(5,6)7)14-18-20(2,3)4/h15H,10-14H2,1-9H3. The molecule has 0 aromatic heterocycles. The highest BCUT2D eigenvalue weighted by atomic mass is 28.4. The van der Waals surface area contributed by atoms with Gasteiger partial charge in [-0.25, -0.2) is 0 Å². The van der Waals surface area contributed by atoms with Gasteiger partial charge in [0.2, 0.25) is 0 Å². The van der Waals surface area contributed by atoms with Gasteiger partial charge in [-0.3, -0.25) is 0 Å². The fourth-order valence-electron chi connectivity index (χ4n) is 1.88. The summed E-state index contributed by atoms with van der Waals surface area (Å²) < 4.78 is 23.6. The van der Waals surface area contributed by atoms with Crippen molar-refractivity contribution in [2.75, 3.05) is 26.9 Å². The lowest BCUT2D eigenvalue weighted by Crippen LogP contribution is -2.40. The summed E-state index contributed by atoms with van der Waals surface area (Å²) in [6.45, 7) is 19.8. The van der Waals surface area contributed by atoms with Crippen LogP contribution in [-0.2, 0) is 18.0 Å². The first-order valence-corrected chi connectivity index (χ1v) is 18.2. The van der Waals surface area contributed by atoms with E-state index in [1.54, 1.807) is 0 Å². The topological polar surface area (TPSA) is 36.9 Å². The maximum atomic E-state index is 6.20. The fourth-order valence-corrected chi connectivity index (χ4v) is 4.90. The van der Waals surface area contributed by atoms with Crippen molar-refractivity contribution in [3.8, 4) is 0 Å². The first-order chi connectivity index (χ1) is 9.85. The molecule has 0 spiro atoms. The van der Waals surface area contributed by atoms with Gasteiger partial charge in [-0.05, 0) is 64.8 Å². The van der Waals surface area contributed by atoms with Crippen molar-refractivity contribution >= 4 is 25.0 Å². The lowest BCUT2D eigenvalue weighted by molar-refractivity contribution is 0.0203. The molecule has 1 unspecified atom stereocenters. The van der Waals surface area contributed by atoms with E-state index < -0.39 is 25.0 Å². The molecule has 134 valence electrons. The molecule has 0 heterocycles. The Hall–Kier alpha value is 0.491. The summed E-state index contributed by atoms with van der Waals surface area (Å²) in [5, 5.41) is 0. The van der Waals surface area contributed by atoms with Crippen LogP contribution in [0.3, 0.4) is 0 Å². The predicted octanol–water partition coefficient (Wildman–Crippen LogP) is 4.32. The summed E-state index contributed by atoms with van der Waals surface area (Å²) in [4.78, 5) is 0. The number of rotatable bonds is 12. The SMILES string of the molecule is CO[Si](C)(C)CCCOCC(CO[Si](C)(C)C)O[Si](C)(C)C. The molecule has 0 aliphatic heterocycles. The van der Waals surface area contributed by atoms with E-state index >= 15 is 0 Å². The van der Waals surface area contributed by atoms with Crippen molar-refractivity contribution in [3.05, 3.63) is 0 Å². The van der Waals surface area contributed by atoms with Crippen molar-refractivity contribution < 1.29 is 18.0 Å². The van der Waals surface area contributed by atoms with Crippen LogP contribution in [0, 0.1) is 0 Å². The third-order valence-electron chi connectivity index (χ3n) is 3.15. The molecule has 0 aliphatic carbocycles. The van der Waals surface area contributed by atoms with Crippen molar-refractivity contribution in [3.63, 3.8) is 0 Å². The summed E-state index contributed by atoms with van der Waals surface area (Å²) >= 11 is 0. The van der Waals surface area contributed by atoms with Crippen LogP contribution >= 0.6 is 0 Å². The van der Waals surface area contributed by atoms with Crippen molar-refractivity contribution in [2.24, 2.45) is 0 Å². The van der Waals surface area contributed by atoms with Gasteiger partial charge in [0, 0.05) is 13.7 Å².